The van der Waals surface area contributed by atoms with Crippen LogP contribution in [0.25, 0.3) is 0 Å². The molecule has 1 aliphatic heterocycles. The lowest BCUT2D eigenvalue weighted by molar-refractivity contribution is 0.0115. The van der Waals surface area contributed by atoms with Crippen molar-refractivity contribution < 1.29 is 5.11 Å². The van der Waals surface area contributed by atoms with E-state index in [2.05, 4.69) is 14.9 Å². The van der Waals surface area contributed by atoms with Crippen LogP contribution in [0.2, 0.25) is 5.02 Å². The summed E-state index contributed by atoms with van der Waals surface area (Å²) in [5.74, 6) is 0.760. The quantitative estimate of drug-likeness (QED) is 0.924. The van der Waals surface area contributed by atoms with Crippen LogP contribution in [0.4, 0.5) is 5.95 Å². The zero-order chi connectivity index (χ0) is 15.7. The molecule has 0 amide bonds. The predicted molar refractivity (Wildman–Crippen MR) is 88.3 cm³/mol. The number of benzene rings is 1. The van der Waals surface area contributed by atoms with Crippen molar-refractivity contribution in [1.82, 2.24) is 9.97 Å². The number of anilines is 1. The molecular weight excluding hydrogens is 298 g/mol. The summed E-state index contributed by atoms with van der Waals surface area (Å²) in [6.07, 6.45) is 1.32. The van der Waals surface area contributed by atoms with Crippen LogP contribution in [-0.2, 0) is 5.60 Å². The molecular formula is C17H20ClN3O. The number of hydrogen-bond acceptors (Lipinski definition) is 4. The maximum Gasteiger partial charge on any atom is 0.225 e. The molecule has 3 rings (SSSR count). The topological polar surface area (TPSA) is 49.2 Å². The van der Waals surface area contributed by atoms with Crippen LogP contribution in [0.1, 0.15) is 29.8 Å². The molecule has 1 fully saturated rings. The second kappa shape index (κ2) is 5.86. The van der Waals surface area contributed by atoms with E-state index in [0.717, 1.165) is 36.0 Å². The van der Waals surface area contributed by atoms with Crippen molar-refractivity contribution in [2.45, 2.75) is 32.3 Å². The Kier molecular flexibility index (Phi) is 4.06. The third-order valence-electron chi connectivity index (χ3n) is 4.23. The second-order valence-electron chi connectivity index (χ2n) is 5.98. The van der Waals surface area contributed by atoms with E-state index in [-0.39, 0.29) is 0 Å². The molecule has 0 saturated carbocycles. The number of aryl methyl sites for hydroxylation is 2. The Balaban J connectivity index is 1.75. The molecule has 0 aliphatic carbocycles. The molecule has 0 atom stereocenters. The van der Waals surface area contributed by atoms with E-state index in [0.29, 0.717) is 17.9 Å². The fourth-order valence-electron chi connectivity index (χ4n) is 2.97. The summed E-state index contributed by atoms with van der Waals surface area (Å²) in [4.78, 5) is 11.2. The maximum absolute atomic E-state index is 10.9. The van der Waals surface area contributed by atoms with E-state index in [4.69, 9.17) is 11.6 Å². The van der Waals surface area contributed by atoms with Crippen molar-refractivity contribution in [3.05, 3.63) is 52.3 Å². The molecule has 0 spiro atoms. The Hall–Kier alpha value is -1.65. The fourth-order valence-corrected chi connectivity index (χ4v) is 3.10. The summed E-state index contributed by atoms with van der Waals surface area (Å²) in [5, 5.41) is 11.6. The van der Waals surface area contributed by atoms with Gasteiger partial charge in [0.05, 0.1) is 5.60 Å². The number of nitrogens with zero attached hydrogens (tertiary/aromatic N) is 3. The molecule has 1 aromatic carbocycles. The van der Waals surface area contributed by atoms with Gasteiger partial charge >= 0.3 is 0 Å². The summed E-state index contributed by atoms with van der Waals surface area (Å²) < 4.78 is 0. The van der Waals surface area contributed by atoms with Crippen LogP contribution >= 0.6 is 11.6 Å². The van der Waals surface area contributed by atoms with Gasteiger partial charge in [-0.25, -0.2) is 9.97 Å². The number of halogens is 1. The lowest BCUT2D eigenvalue weighted by Gasteiger charge is -2.38. The van der Waals surface area contributed by atoms with Crippen molar-refractivity contribution in [2.75, 3.05) is 18.0 Å². The Bertz CT molecular complexity index is 644. The minimum atomic E-state index is -0.792. The summed E-state index contributed by atoms with van der Waals surface area (Å²) >= 11 is 5.92. The van der Waals surface area contributed by atoms with Crippen LogP contribution < -0.4 is 4.90 Å². The minimum Gasteiger partial charge on any atom is -0.385 e. The average molecular weight is 318 g/mol. The van der Waals surface area contributed by atoms with E-state index >= 15 is 0 Å². The van der Waals surface area contributed by atoms with Crippen molar-refractivity contribution in [3.8, 4) is 0 Å². The third-order valence-corrected chi connectivity index (χ3v) is 4.48. The van der Waals surface area contributed by atoms with Crippen LogP contribution in [0.5, 0.6) is 0 Å². The highest BCUT2D eigenvalue weighted by Gasteiger charge is 2.34. The molecule has 1 N–H and O–H groups in total. The van der Waals surface area contributed by atoms with E-state index in [1.165, 1.54) is 0 Å². The number of piperidine rings is 1. The molecule has 1 aromatic heterocycles. The SMILES string of the molecule is Cc1cc(C)nc(N2CCC(O)(c3ccc(Cl)cc3)CC2)n1. The van der Waals surface area contributed by atoms with E-state index in [1.807, 2.05) is 44.2 Å². The molecule has 5 heteroatoms. The predicted octanol–water partition coefficient (Wildman–Crippen LogP) is 3.23. The van der Waals surface area contributed by atoms with Gasteiger partial charge in [0.2, 0.25) is 5.95 Å². The summed E-state index contributed by atoms with van der Waals surface area (Å²) in [5.41, 5.74) is 2.08. The number of rotatable bonds is 2. The first-order valence-corrected chi connectivity index (χ1v) is 7.90. The summed E-state index contributed by atoms with van der Waals surface area (Å²) in [6, 6.07) is 9.44. The van der Waals surface area contributed by atoms with E-state index in [1.54, 1.807) is 0 Å². The van der Waals surface area contributed by atoms with Crippen LogP contribution in [0.15, 0.2) is 30.3 Å². The Morgan fingerprint density at radius 2 is 1.59 bits per heavy atom. The lowest BCUT2D eigenvalue weighted by atomic mass is 9.84. The maximum atomic E-state index is 10.9. The fraction of sp³-hybridized carbons (Fsp3) is 0.412. The molecule has 0 bridgehead atoms. The molecule has 1 saturated heterocycles. The summed E-state index contributed by atoms with van der Waals surface area (Å²) in [6.45, 7) is 5.43. The van der Waals surface area contributed by atoms with Gasteiger partial charge in [0.1, 0.15) is 0 Å². The highest BCUT2D eigenvalue weighted by molar-refractivity contribution is 6.30. The molecule has 116 valence electrons. The highest BCUT2D eigenvalue weighted by Crippen LogP contribution is 2.34. The largest absolute Gasteiger partial charge is 0.385 e. The molecule has 4 nitrogen and oxygen atoms in total. The van der Waals surface area contributed by atoms with Gasteiger partial charge in [0, 0.05) is 29.5 Å². The monoisotopic (exact) mass is 317 g/mol. The van der Waals surface area contributed by atoms with Crippen molar-refractivity contribution >= 4 is 17.5 Å². The smallest absolute Gasteiger partial charge is 0.225 e. The van der Waals surface area contributed by atoms with E-state index < -0.39 is 5.60 Å². The summed E-state index contributed by atoms with van der Waals surface area (Å²) in [7, 11) is 0. The Labute approximate surface area is 135 Å². The average Bonchev–Trinajstić information content (AvgIpc) is 2.47. The molecule has 1 aliphatic rings. The van der Waals surface area contributed by atoms with Gasteiger partial charge in [-0.05, 0) is 50.5 Å². The second-order valence-corrected chi connectivity index (χ2v) is 6.41. The first-order chi connectivity index (χ1) is 10.5. The van der Waals surface area contributed by atoms with Crippen molar-refractivity contribution in [1.29, 1.82) is 0 Å². The van der Waals surface area contributed by atoms with Gasteiger partial charge < -0.3 is 10.0 Å². The molecule has 2 aromatic rings. The van der Waals surface area contributed by atoms with E-state index in [9.17, 15) is 5.11 Å². The minimum absolute atomic E-state index is 0.658. The Morgan fingerprint density at radius 3 is 2.14 bits per heavy atom. The van der Waals surface area contributed by atoms with Gasteiger partial charge in [0.15, 0.2) is 0 Å². The lowest BCUT2D eigenvalue weighted by Crippen LogP contribution is -2.43. The first kappa shape index (κ1) is 15.3. The number of aliphatic hydroxyl groups is 1. The normalized spacial score (nSPS) is 17.5. The standard InChI is InChI=1S/C17H20ClN3O/c1-12-11-13(2)20-16(19-12)21-9-7-17(22,8-10-21)14-3-5-15(18)6-4-14/h3-6,11,22H,7-10H2,1-2H3. The zero-order valence-corrected chi connectivity index (χ0v) is 13.6. The van der Waals surface area contributed by atoms with Crippen LogP contribution in [-0.4, -0.2) is 28.2 Å². The number of hydrogen-bond donors (Lipinski definition) is 1. The first-order valence-electron chi connectivity index (χ1n) is 7.52. The van der Waals surface area contributed by atoms with Gasteiger partial charge in [0.25, 0.3) is 0 Å². The molecule has 2 heterocycles. The number of aromatic nitrogens is 2. The van der Waals surface area contributed by atoms with Gasteiger partial charge in [-0.2, -0.15) is 0 Å². The Morgan fingerprint density at radius 1 is 1.05 bits per heavy atom. The highest BCUT2D eigenvalue weighted by atomic mass is 35.5. The van der Waals surface area contributed by atoms with Crippen molar-refractivity contribution in [3.63, 3.8) is 0 Å². The zero-order valence-electron chi connectivity index (χ0n) is 12.9. The van der Waals surface area contributed by atoms with Crippen LogP contribution in [0.3, 0.4) is 0 Å². The van der Waals surface area contributed by atoms with Gasteiger partial charge in [-0.1, -0.05) is 23.7 Å². The molecule has 0 unspecified atom stereocenters. The van der Waals surface area contributed by atoms with Crippen molar-refractivity contribution in [2.24, 2.45) is 0 Å². The van der Waals surface area contributed by atoms with Crippen LogP contribution in [0, 0.1) is 13.8 Å². The molecule has 0 radical (unpaired) electrons. The van der Waals surface area contributed by atoms with Gasteiger partial charge in [-0.3, -0.25) is 0 Å². The molecule has 22 heavy (non-hydrogen) atoms. The third kappa shape index (κ3) is 3.08. The van der Waals surface area contributed by atoms with Gasteiger partial charge in [-0.15, -0.1) is 0 Å².